The molecule has 27 heavy (non-hydrogen) atoms. The number of rotatable bonds is 5. The summed E-state index contributed by atoms with van der Waals surface area (Å²) in [6.07, 6.45) is 9.78. The van der Waals surface area contributed by atoms with Gasteiger partial charge in [0.15, 0.2) is 0 Å². The van der Waals surface area contributed by atoms with E-state index in [4.69, 9.17) is 37.4 Å². The van der Waals surface area contributed by atoms with Crippen molar-refractivity contribution in [1.29, 1.82) is 0 Å². The number of carbonyl (C=O) groups is 2. The molecular formula is C20H38Cl2O5. The van der Waals surface area contributed by atoms with Gasteiger partial charge in [0.05, 0.1) is 30.1 Å². The molecule has 2 aliphatic rings. The van der Waals surface area contributed by atoms with Gasteiger partial charge in [0.2, 0.25) is 0 Å². The zero-order valence-corrected chi connectivity index (χ0v) is 17.8. The third kappa shape index (κ3) is 13.4. The maximum absolute atomic E-state index is 11.3. The normalized spacial score (nSPS) is 26.9. The van der Waals surface area contributed by atoms with Crippen molar-refractivity contribution in [3.05, 3.63) is 0 Å². The molecule has 0 saturated heterocycles. The number of halogens is 2. The third-order valence-electron chi connectivity index (χ3n) is 4.87. The summed E-state index contributed by atoms with van der Waals surface area (Å²) in [5, 5.41) is 0.194. The van der Waals surface area contributed by atoms with Crippen molar-refractivity contribution < 1.29 is 23.8 Å². The van der Waals surface area contributed by atoms with Crippen LogP contribution in [0.5, 0.6) is 0 Å². The highest BCUT2D eigenvalue weighted by Gasteiger charge is 2.26. The van der Waals surface area contributed by atoms with Crippen LogP contribution in [0.4, 0.5) is 0 Å². The number of carbonyl (C=O) groups excluding carboxylic acids is 2. The van der Waals surface area contributed by atoms with Crippen LogP contribution in [0.25, 0.3) is 0 Å². The first-order valence-electron chi connectivity index (χ1n) is 9.35. The molecule has 0 atom stereocenters. The number of esters is 1. The van der Waals surface area contributed by atoms with Crippen molar-refractivity contribution in [2.75, 3.05) is 26.2 Å². The monoisotopic (exact) mass is 428 g/mol. The molecule has 2 aliphatic carbocycles. The lowest BCUT2D eigenvalue weighted by Crippen LogP contribution is -2.26. The average Bonchev–Trinajstić information content (AvgIpc) is 2.69. The maximum Gasteiger partial charge on any atom is 0.308 e. The quantitative estimate of drug-likeness (QED) is 0.341. The van der Waals surface area contributed by atoms with E-state index in [2.05, 4.69) is 0 Å². The van der Waals surface area contributed by atoms with E-state index in [9.17, 15) is 9.59 Å². The Balaban J connectivity index is 0. The van der Waals surface area contributed by atoms with Gasteiger partial charge >= 0.3 is 5.97 Å². The summed E-state index contributed by atoms with van der Waals surface area (Å²) < 4.78 is 15.4. The molecule has 0 aromatic rings. The lowest BCUT2D eigenvalue weighted by atomic mass is 9.87. The maximum atomic E-state index is 11.3. The molecule has 0 aromatic heterocycles. The summed E-state index contributed by atoms with van der Waals surface area (Å²) in [7, 11) is 3.47. The van der Waals surface area contributed by atoms with E-state index in [1.54, 1.807) is 14.2 Å². The third-order valence-corrected chi connectivity index (χ3v) is 4.87. The molecule has 0 N–H and O–H groups in total. The lowest BCUT2D eigenvalue weighted by molar-refractivity contribution is -0.149. The number of aldehydes is 1. The van der Waals surface area contributed by atoms with E-state index in [0.717, 1.165) is 57.7 Å². The van der Waals surface area contributed by atoms with E-state index >= 15 is 0 Å². The van der Waals surface area contributed by atoms with Crippen LogP contribution >= 0.6 is 23.2 Å². The number of ether oxygens (including phenoxy) is 3. The van der Waals surface area contributed by atoms with E-state index < -0.39 is 0 Å². The van der Waals surface area contributed by atoms with Gasteiger partial charge in [0.1, 0.15) is 6.29 Å². The first-order valence-corrected chi connectivity index (χ1v) is 10.4. The molecule has 162 valence electrons. The molecule has 0 aliphatic heterocycles. The summed E-state index contributed by atoms with van der Waals surface area (Å²) in [6.45, 7) is 2.34. The standard InChI is InChI=1S/C10H18O3.C8H14O2.CH2Cl2.CH4/c1-3-13-10(11)8-4-6-9(12-2)7-5-8;1-10-8-4-2-7(6-9)3-5-8;2-1-3;/h8-9H,3-7H2,1-2H3;6-8H,2-5H2,1H3;1H2;1H4. The van der Waals surface area contributed by atoms with Crippen molar-refractivity contribution in [1.82, 2.24) is 0 Å². The second-order valence-corrected chi connectivity index (χ2v) is 7.28. The van der Waals surface area contributed by atoms with Gasteiger partial charge < -0.3 is 19.0 Å². The van der Waals surface area contributed by atoms with Crippen LogP contribution in [-0.4, -0.2) is 50.6 Å². The molecule has 2 rings (SSSR count). The van der Waals surface area contributed by atoms with E-state index in [0.29, 0.717) is 24.7 Å². The summed E-state index contributed by atoms with van der Waals surface area (Å²) in [5.41, 5.74) is 0. The highest BCUT2D eigenvalue weighted by atomic mass is 35.5. The zero-order chi connectivity index (χ0) is 19.8. The first kappa shape index (κ1) is 28.8. The molecule has 7 heteroatoms. The minimum Gasteiger partial charge on any atom is -0.466 e. The van der Waals surface area contributed by atoms with Crippen LogP contribution in [0.1, 0.15) is 65.7 Å². The lowest BCUT2D eigenvalue weighted by Gasteiger charge is -2.25. The van der Waals surface area contributed by atoms with Crippen molar-refractivity contribution in [3.63, 3.8) is 0 Å². The fraction of sp³-hybridized carbons (Fsp3) is 0.900. The van der Waals surface area contributed by atoms with Crippen LogP contribution in [0.3, 0.4) is 0 Å². The Hall–Kier alpha value is -0.360. The minimum absolute atomic E-state index is 0. The molecule has 5 nitrogen and oxygen atoms in total. The Morgan fingerprint density at radius 2 is 1.33 bits per heavy atom. The zero-order valence-electron chi connectivity index (χ0n) is 16.3. The molecule has 0 bridgehead atoms. The molecule has 0 radical (unpaired) electrons. The molecule has 0 amide bonds. The smallest absolute Gasteiger partial charge is 0.308 e. The highest BCUT2D eigenvalue weighted by molar-refractivity contribution is 6.40. The summed E-state index contributed by atoms with van der Waals surface area (Å²) in [6, 6.07) is 0. The van der Waals surface area contributed by atoms with Crippen LogP contribution in [0.2, 0.25) is 0 Å². The number of alkyl halides is 2. The van der Waals surface area contributed by atoms with E-state index in [-0.39, 0.29) is 24.7 Å². The van der Waals surface area contributed by atoms with E-state index in [1.807, 2.05) is 6.92 Å². The molecule has 0 aromatic carbocycles. The number of hydrogen-bond acceptors (Lipinski definition) is 5. The second kappa shape index (κ2) is 19.0. The Morgan fingerprint density at radius 1 is 0.926 bits per heavy atom. The van der Waals surface area contributed by atoms with Crippen LogP contribution < -0.4 is 0 Å². The SMILES string of the molecule is C.CCOC(=O)C1CCC(OC)CC1.COC1CCC(C=O)CC1.ClCCl. The van der Waals surface area contributed by atoms with Crippen molar-refractivity contribution in [2.45, 2.75) is 77.9 Å². The Labute approximate surface area is 175 Å². The van der Waals surface area contributed by atoms with Gasteiger partial charge in [0.25, 0.3) is 0 Å². The summed E-state index contributed by atoms with van der Waals surface area (Å²) in [5.74, 6) is 0.398. The predicted molar refractivity (Wildman–Crippen MR) is 112 cm³/mol. The van der Waals surface area contributed by atoms with Gasteiger partial charge in [0, 0.05) is 20.1 Å². The van der Waals surface area contributed by atoms with Gasteiger partial charge in [-0.2, -0.15) is 0 Å². The Kier molecular flexibility index (Phi) is 20.3. The van der Waals surface area contributed by atoms with Gasteiger partial charge in [-0.1, -0.05) is 7.43 Å². The first-order chi connectivity index (χ1) is 12.6. The van der Waals surface area contributed by atoms with Crippen molar-refractivity contribution in [2.24, 2.45) is 11.8 Å². The average molecular weight is 429 g/mol. The Morgan fingerprint density at radius 3 is 1.67 bits per heavy atom. The van der Waals surface area contributed by atoms with Gasteiger partial charge in [-0.25, -0.2) is 0 Å². The molecular weight excluding hydrogens is 391 g/mol. The molecule has 2 fully saturated rings. The van der Waals surface area contributed by atoms with Gasteiger partial charge in [-0.05, 0) is 58.3 Å². The topological polar surface area (TPSA) is 61.8 Å². The van der Waals surface area contributed by atoms with Crippen molar-refractivity contribution in [3.8, 4) is 0 Å². The Bertz CT molecular complexity index is 352. The predicted octanol–water partition coefficient (Wildman–Crippen LogP) is 5.20. The van der Waals surface area contributed by atoms with Crippen LogP contribution in [0.15, 0.2) is 0 Å². The van der Waals surface area contributed by atoms with E-state index in [1.165, 1.54) is 0 Å². The van der Waals surface area contributed by atoms with Crippen LogP contribution in [0, 0.1) is 11.8 Å². The fourth-order valence-corrected chi connectivity index (χ4v) is 3.25. The number of hydrogen-bond donors (Lipinski definition) is 0. The minimum atomic E-state index is -0.0305. The molecule has 0 unspecified atom stereocenters. The summed E-state index contributed by atoms with van der Waals surface area (Å²) in [4.78, 5) is 21.6. The second-order valence-electron chi connectivity index (χ2n) is 6.47. The molecule has 0 spiro atoms. The fourth-order valence-electron chi connectivity index (χ4n) is 3.25. The summed E-state index contributed by atoms with van der Waals surface area (Å²) >= 11 is 9.53. The van der Waals surface area contributed by atoms with Gasteiger partial charge in [-0.15, -0.1) is 23.2 Å². The largest absolute Gasteiger partial charge is 0.466 e. The highest BCUT2D eigenvalue weighted by Crippen LogP contribution is 2.26. The molecule has 0 heterocycles. The van der Waals surface area contributed by atoms with Crippen molar-refractivity contribution >= 4 is 35.5 Å². The van der Waals surface area contributed by atoms with Gasteiger partial charge in [-0.3, -0.25) is 4.79 Å². The molecule has 2 saturated carbocycles. The number of methoxy groups -OCH3 is 2. The van der Waals surface area contributed by atoms with Crippen LogP contribution in [-0.2, 0) is 23.8 Å².